The summed E-state index contributed by atoms with van der Waals surface area (Å²) in [5, 5.41) is 0. The molecule has 2 saturated heterocycles. The number of benzene rings is 1. The van der Waals surface area contributed by atoms with Gasteiger partial charge in [0.25, 0.3) is 0 Å². The molecule has 1 spiro atoms. The molecule has 1 aromatic rings. The minimum absolute atomic E-state index is 0.0369. The number of hydrogen-bond acceptors (Lipinski definition) is 5. The molecule has 0 aliphatic carbocycles. The van der Waals surface area contributed by atoms with E-state index in [9.17, 15) is 8.42 Å². The molecule has 0 aromatic heterocycles. The molecule has 128 valence electrons. The van der Waals surface area contributed by atoms with Crippen LogP contribution in [0.4, 0.5) is 0 Å². The van der Waals surface area contributed by atoms with Gasteiger partial charge in [-0.05, 0) is 31.0 Å². The zero-order chi connectivity index (χ0) is 16.5. The van der Waals surface area contributed by atoms with Gasteiger partial charge in [-0.1, -0.05) is 12.1 Å². The molecule has 23 heavy (non-hydrogen) atoms. The van der Waals surface area contributed by atoms with Crippen LogP contribution in [0.2, 0.25) is 0 Å². The Kier molecular flexibility index (Phi) is 4.78. The van der Waals surface area contributed by atoms with Gasteiger partial charge in [0, 0.05) is 45.5 Å². The van der Waals surface area contributed by atoms with E-state index in [1.54, 1.807) is 12.1 Å². The number of ether oxygens (including phenoxy) is 2. The fourth-order valence-corrected chi connectivity index (χ4v) is 4.19. The Hall–Kier alpha value is -0.950. The van der Waals surface area contributed by atoms with Crippen LogP contribution in [-0.2, 0) is 25.9 Å². The van der Waals surface area contributed by atoms with Gasteiger partial charge < -0.3 is 9.47 Å². The summed E-state index contributed by atoms with van der Waals surface area (Å²) in [6.07, 6.45) is 3.52. The third kappa shape index (κ3) is 3.94. The van der Waals surface area contributed by atoms with Crippen molar-refractivity contribution in [2.24, 2.45) is 0 Å². The fourth-order valence-electron chi connectivity index (χ4n) is 3.56. The molecule has 0 amide bonds. The molecular formula is C17H25NO4S. The van der Waals surface area contributed by atoms with E-state index in [4.69, 9.17) is 9.47 Å². The zero-order valence-corrected chi connectivity index (χ0v) is 14.6. The van der Waals surface area contributed by atoms with Crippen molar-refractivity contribution in [3.8, 4) is 0 Å². The van der Waals surface area contributed by atoms with Crippen LogP contribution < -0.4 is 0 Å². The third-order valence-electron chi connectivity index (χ3n) is 4.63. The molecule has 0 bridgehead atoms. The predicted octanol–water partition coefficient (Wildman–Crippen LogP) is 1.86. The van der Waals surface area contributed by atoms with E-state index in [1.165, 1.54) is 6.26 Å². The highest BCUT2D eigenvalue weighted by molar-refractivity contribution is 7.90. The standard InChI is InChI=1S/C17H25NO4S/c1-3-21-15-8-9-22-17(10-15)12-18(13-17)11-14-4-6-16(7-5-14)23(2,19)20/h4-7,15H,3,8-13H2,1-2H3. The van der Waals surface area contributed by atoms with E-state index in [0.717, 1.165) is 51.3 Å². The maximum atomic E-state index is 11.5. The molecule has 1 aromatic carbocycles. The Balaban J connectivity index is 1.54. The lowest BCUT2D eigenvalue weighted by atomic mass is 9.84. The van der Waals surface area contributed by atoms with Crippen molar-refractivity contribution in [1.29, 1.82) is 0 Å². The number of hydrogen-bond donors (Lipinski definition) is 0. The number of likely N-dealkylation sites (tertiary alicyclic amines) is 1. The molecule has 0 radical (unpaired) electrons. The average Bonchev–Trinajstić information content (AvgIpc) is 2.46. The van der Waals surface area contributed by atoms with Gasteiger partial charge in [0.2, 0.25) is 0 Å². The number of rotatable bonds is 5. The van der Waals surface area contributed by atoms with E-state index in [2.05, 4.69) is 4.90 Å². The van der Waals surface area contributed by atoms with Gasteiger partial charge in [-0.15, -0.1) is 0 Å². The highest BCUT2D eigenvalue weighted by atomic mass is 32.2. The van der Waals surface area contributed by atoms with Crippen molar-refractivity contribution in [2.45, 2.75) is 42.9 Å². The summed E-state index contributed by atoms with van der Waals surface area (Å²) < 4.78 is 34.7. The van der Waals surface area contributed by atoms with E-state index < -0.39 is 9.84 Å². The van der Waals surface area contributed by atoms with Crippen LogP contribution in [-0.4, -0.2) is 57.6 Å². The van der Waals surface area contributed by atoms with Crippen molar-refractivity contribution >= 4 is 9.84 Å². The molecule has 3 rings (SSSR count). The lowest BCUT2D eigenvalue weighted by Crippen LogP contribution is -2.65. The number of sulfone groups is 1. The maximum Gasteiger partial charge on any atom is 0.175 e. The topological polar surface area (TPSA) is 55.8 Å². The van der Waals surface area contributed by atoms with Crippen LogP contribution >= 0.6 is 0 Å². The summed E-state index contributed by atoms with van der Waals surface area (Å²) in [5.74, 6) is 0. The molecule has 1 unspecified atom stereocenters. The van der Waals surface area contributed by atoms with Crippen LogP contribution in [0.15, 0.2) is 29.2 Å². The van der Waals surface area contributed by atoms with Crippen molar-refractivity contribution < 1.29 is 17.9 Å². The second-order valence-electron chi connectivity index (χ2n) is 6.66. The van der Waals surface area contributed by atoms with Crippen LogP contribution in [0.5, 0.6) is 0 Å². The highest BCUT2D eigenvalue weighted by Gasteiger charge is 2.47. The summed E-state index contributed by atoms with van der Waals surface area (Å²) in [5.41, 5.74) is 1.09. The van der Waals surface area contributed by atoms with E-state index in [1.807, 2.05) is 19.1 Å². The first-order valence-corrected chi connectivity index (χ1v) is 10.1. The second-order valence-corrected chi connectivity index (χ2v) is 8.68. The summed E-state index contributed by atoms with van der Waals surface area (Å²) in [4.78, 5) is 2.71. The minimum Gasteiger partial charge on any atom is -0.378 e. The normalized spacial score (nSPS) is 24.5. The fraction of sp³-hybridized carbons (Fsp3) is 0.647. The molecule has 5 nitrogen and oxygen atoms in total. The van der Waals surface area contributed by atoms with Crippen LogP contribution in [0.3, 0.4) is 0 Å². The largest absolute Gasteiger partial charge is 0.378 e. The van der Waals surface area contributed by atoms with Crippen molar-refractivity contribution in [2.75, 3.05) is 32.6 Å². The maximum absolute atomic E-state index is 11.5. The van der Waals surface area contributed by atoms with Gasteiger partial charge in [0.15, 0.2) is 9.84 Å². The predicted molar refractivity (Wildman–Crippen MR) is 88.2 cm³/mol. The Morgan fingerprint density at radius 3 is 2.61 bits per heavy atom. The Morgan fingerprint density at radius 1 is 1.30 bits per heavy atom. The Bertz CT molecular complexity index is 633. The molecule has 2 aliphatic heterocycles. The molecule has 0 saturated carbocycles. The molecule has 0 N–H and O–H groups in total. The van der Waals surface area contributed by atoms with Gasteiger partial charge in [-0.3, -0.25) is 4.90 Å². The smallest absolute Gasteiger partial charge is 0.175 e. The summed E-state index contributed by atoms with van der Waals surface area (Å²) in [6, 6.07) is 7.16. The van der Waals surface area contributed by atoms with Gasteiger partial charge in [0.05, 0.1) is 16.6 Å². The quantitative estimate of drug-likeness (QED) is 0.820. The first-order valence-electron chi connectivity index (χ1n) is 8.17. The van der Waals surface area contributed by atoms with Crippen molar-refractivity contribution in [3.63, 3.8) is 0 Å². The van der Waals surface area contributed by atoms with Crippen molar-refractivity contribution in [1.82, 2.24) is 4.90 Å². The number of nitrogens with zero attached hydrogens (tertiary/aromatic N) is 1. The summed E-state index contributed by atoms with van der Waals surface area (Å²) >= 11 is 0. The van der Waals surface area contributed by atoms with E-state index in [0.29, 0.717) is 11.0 Å². The molecule has 2 heterocycles. The minimum atomic E-state index is -3.12. The lowest BCUT2D eigenvalue weighted by Gasteiger charge is -2.53. The zero-order valence-electron chi connectivity index (χ0n) is 13.8. The van der Waals surface area contributed by atoms with Crippen LogP contribution in [0.25, 0.3) is 0 Å². The van der Waals surface area contributed by atoms with Crippen LogP contribution in [0, 0.1) is 0 Å². The molecule has 6 heteroatoms. The monoisotopic (exact) mass is 339 g/mol. The van der Waals surface area contributed by atoms with Gasteiger partial charge in [0.1, 0.15) is 0 Å². The first-order chi connectivity index (χ1) is 10.9. The SMILES string of the molecule is CCOC1CCOC2(C1)CN(Cc1ccc(S(C)(=O)=O)cc1)C2. The summed E-state index contributed by atoms with van der Waals surface area (Å²) in [7, 11) is -3.12. The molecule has 2 fully saturated rings. The van der Waals surface area contributed by atoms with Gasteiger partial charge >= 0.3 is 0 Å². The molecular weight excluding hydrogens is 314 g/mol. The van der Waals surface area contributed by atoms with Gasteiger partial charge in [-0.2, -0.15) is 0 Å². The van der Waals surface area contributed by atoms with E-state index in [-0.39, 0.29) is 5.60 Å². The average molecular weight is 339 g/mol. The third-order valence-corrected chi connectivity index (χ3v) is 5.76. The summed E-state index contributed by atoms with van der Waals surface area (Å²) in [6.45, 7) is 6.25. The molecule has 2 aliphatic rings. The Morgan fingerprint density at radius 2 is 2.00 bits per heavy atom. The highest BCUT2D eigenvalue weighted by Crippen LogP contribution is 2.36. The first kappa shape index (κ1) is 16.9. The Labute approximate surface area is 138 Å². The second kappa shape index (κ2) is 6.51. The lowest BCUT2D eigenvalue weighted by molar-refractivity contribution is -0.198. The van der Waals surface area contributed by atoms with Gasteiger partial charge in [-0.25, -0.2) is 8.42 Å². The van der Waals surface area contributed by atoms with E-state index >= 15 is 0 Å². The molecule has 1 atom stereocenters. The van der Waals surface area contributed by atoms with Crippen molar-refractivity contribution in [3.05, 3.63) is 29.8 Å². The van der Waals surface area contributed by atoms with Crippen LogP contribution in [0.1, 0.15) is 25.3 Å².